The first-order valence-corrected chi connectivity index (χ1v) is 5.24. The highest BCUT2D eigenvalue weighted by molar-refractivity contribution is 5.42. The van der Waals surface area contributed by atoms with Crippen molar-refractivity contribution in [1.29, 1.82) is 0 Å². The number of fused-ring (bicyclic) bond motifs is 1. The zero-order valence-corrected chi connectivity index (χ0v) is 8.24. The van der Waals surface area contributed by atoms with Gasteiger partial charge in [-0.2, -0.15) is 0 Å². The molecule has 0 spiro atoms. The van der Waals surface area contributed by atoms with Gasteiger partial charge in [-0.3, -0.25) is 0 Å². The smallest absolute Gasteiger partial charge is 0.119 e. The van der Waals surface area contributed by atoms with E-state index in [4.69, 9.17) is 5.11 Å². The maximum atomic E-state index is 9.68. The van der Waals surface area contributed by atoms with Gasteiger partial charge in [0.15, 0.2) is 0 Å². The van der Waals surface area contributed by atoms with Crippen molar-refractivity contribution in [1.82, 2.24) is 0 Å². The van der Waals surface area contributed by atoms with Crippen molar-refractivity contribution in [3.63, 3.8) is 0 Å². The normalized spacial score (nSPS) is 20.5. The third-order valence-electron chi connectivity index (χ3n) is 3.08. The number of aliphatic hydroxyl groups is 1. The molecule has 1 aromatic rings. The van der Waals surface area contributed by atoms with Gasteiger partial charge in [0.2, 0.25) is 0 Å². The summed E-state index contributed by atoms with van der Waals surface area (Å²) < 4.78 is 0. The predicted octanol–water partition coefficient (Wildman–Crippen LogP) is 2.19. The Morgan fingerprint density at radius 2 is 2.21 bits per heavy atom. The van der Waals surface area contributed by atoms with Crippen LogP contribution in [0.1, 0.15) is 36.3 Å². The van der Waals surface area contributed by atoms with Crippen LogP contribution >= 0.6 is 0 Å². The molecule has 0 heterocycles. The van der Waals surface area contributed by atoms with Gasteiger partial charge in [-0.05, 0) is 48.8 Å². The van der Waals surface area contributed by atoms with Crippen molar-refractivity contribution in [3.05, 3.63) is 29.3 Å². The van der Waals surface area contributed by atoms with Gasteiger partial charge in [-0.25, -0.2) is 0 Å². The van der Waals surface area contributed by atoms with Crippen LogP contribution in [0.25, 0.3) is 0 Å². The first kappa shape index (κ1) is 9.53. The van der Waals surface area contributed by atoms with Crippen LogP contribution in [0.2, 0.25) is 0 Å². The SMILES string of the molecule is OCCC1CCCc2c(O)cccc21. The Bertz CT molecular complexity index is 320. The molecular formula is C12H16O2. The zero-order valence-electron chi connectivity index (χ0n) is 8.24. The van der Waals surface area contributed by atoms with Gasteiger partial charge in [0.1, 0.15) is 5.75 Å². The van der Waals surface area contributed by atoms with Crippen LogP contribution < -0.4 is 0 Å². The second-order valence-electron chi connectivity index (χ2n) is 3.95. The summed E-state index contributed by atoms with van der Waals surface area (Å²) in [6.07, 6.45) is 4.05. The fourth-order valence-electron chi connectivity index (χ4n) is 2.38. The maximum absolute atomic E-state index is 9.68. The molecule has 2 N–H and O–H groups in total. The molecule has 1 aromatic carbocycles. The van der Waals surface area contributed by atoms with Crippen LogP contribution in [0, 0.1) is 0 Å². The number of hydrogen-bond acceptors (Lipinski definition) is 2. The minimum absolute atomic E-state index is 0.236. The molecule has 0 aliphatic heterocycles. The van der Waals surface area contributed by atoms with E-state index in [9.17, 15) is 5.11 Å². The van der Waals surface area contributed by atoms with Crippen LogP contribution in [-0.2, 0) is 6.42 Å². The van der Waals surface area contributed by atoms with Crippen LogP contribution in [0.5, 0.6) is 5.75 Å². The van der Waals surface area contributed by atoms with E-state index in [1.165, 1.54) is 5.56 Å². The van der Waals surface area contributed by atoms with Gasteiger partial charge in [0.25, 0.3) is 0 Å². The van der Waals surface area contributed by atoms with E-state index < -0.39 is 0 Å². The lowest BCUT2D eigenvalue weighted by atomic mass is 9.81. The van der Waals surface area contributed by atoms with Gasteiger partial charge in [0.05, 0.1) is 0 Å². The summed E-state index contributed by atoms with van der Waals surface area (Å²) in [5.41, 5.74) is 2.34. The van der Waals surface area contributed by atoms with Crippen molar-refractivity contribution in [2.24, 2.45) is 0 Å². The van der Waals surface area contributed by atoms with Crippen LogP contribution in [0.4, 0.5) is 0 Å². The van der Waals surface area contributed by atoms with E-state index in [0.29, 0.717) is 11.7 Å². The molecule has 0 radical (unpaired) electrons. The van der Waals surface area contributed by atoms with E-state index in [1.54, 1.807) is 6.07 Å². The lowest BCUT2D eigenvalue weighted by Gasteiger charge is -2.25. The quantitative estimate of drug-likeness (QED) is 0.754. The van der Waals surface area contributed by atoms with E-state index in [2.05, 4.69) is 6.07 Å². The van der Waals surface area contributed by atoms with E-state index in [1.807, 2.05) is 6.07 Å². The monoisotopic (exact) mass is 192 g/mol. The molecule has 2 heteroatoms. The third kappa shape index (κ3) is 1.62. The number of hydrogen-bond donors (Lipinski definition) is 2. The van der Waals surface area contributed by atoms with E-state index in [-0.39, 0.29) is 6.61 Å². The van der Waals surface area contributed by atoms with Crippen molar-refractivity contribution in [2.75, 3.05) is 6.61 Å². The number of aliphatic hydroxyl groups excluding tert-OH is 1. The summed E-state index contributed by atoms with van der Waals surface area (Å²) in [6.45, 7) is 0.236. The molecule has 76 valence electrons. The average molecular weight is 192 g/mol. The molecule has 1 aliphatic rings. The number of benzene rings is 1. The van der Waals surface area contributed by atoms with Gasteiger partial charge < -0.3 is 10.2 Å². The predicted molar refractivity (Wildman–Crippen MR) is 55.5 cm³/mol. The molecule has 1 unspecified atom stereocenters. The molecule has 1 aliphatic carbocycles. The Morgan fingerprint density at radius 3 is 3.00 bits per heavy atom. The molecule has 14 heavy (non-hydrogen) atoms. The molecule has 0 bridgehead atoms. The van der Waals surface area contributed by atoms with Gasteiger partial charge >= 0.3 is 0 Å². The molecule has 0 saturated heterocycles. The Hall–Kier alpha value is -1.02. The summed E-state index contributed by atoms with van der Waals surface area (Å²) in [6, 6.07) is 5.72. The van der Waals surface area contributed by atoms with E-state index in [0.717, 1.165) is 31.2 Å². The van der Waals surface area contributed by atoms with Crippen molar-refractivity contribution >= 4 is 0 Å². The topological polar surface area (TPSA) is 40.5 Å². The number of rotatable bonds is 2. The summed E-state index contributed by atoms with van der Waals surface area (Å²) >= 11 is 0. The summed E-state index contributed by atoms with van der Waals surface area (Å²) in [4.78, 5) is 0. The highest BCUT2D eigenvalue weighted by Gasteiger charge is 2.21. The lowest BCUT2D eigenvalue weighted by molar-refractivity contribution is 0.269. The second kappa shape index (κ2) is 4.01. The Balaban J connectivity index is 2.34. The molecule has 1 atom stereocenters. The third-order valence-corrected chi connectivity index (χ3v) is 3.08. The molecule has 0 aromatic heterocycles. The molecule has 0 amide bonds. The Kier molecular flexibility index (Phi) is 2.73. The molecule has 2 nitrogen and oxygen atoms in total. The molecule has 2 rings (SSSR count). The fourth-order valence-corrected chi connectivity index (χ4v) is 2.38. The molecule has 0 fully saturated rings. The Labute approximate surface area is 84.2 Å². The van der Waals surface area contributed by atoms with Crippen molar-refractivity contribution in [2.45, 2.75) is 31.6 Å². The molecule has 0 saturated carbocycles. The fraction of sp³-hybridized carbons (Fsp3) is 0.500. The Morgan fingerprint density at radius 1 is 1.36 bits per heavy atom. The first-order valence-electron chi connectivity index (χ1n) is 5.24. The summed E-state index contributed by atoms with van der Waals surface area (Å²) in [7, 11) is 0. The van der Waals surface area contributed by atoms with Crippen molar-refractivity contribution in [3.8, 4) is 5.75 Å². The number of phenols is 1. The number of aromatic hydroxyl groups is 1. The minimum atomic E-state index is 0.236. The van der Waals surface area contributed by atoms with Crippen LogP contribution in [-0.4, -0.2) is 16.8 Å². The van der Waals surface area contributed by atoms with Gasteiger partial charge in [0, 0.05) is 6.61 Å². The van der Waals surface area contributed by atoms with Gasteiger partial charge in [-0.15, -0.1) is 0 Å². The standard InChI is InChI=1S/C12H16O2/c13-8-7-9-3-1-5-11-10(9)4-2-6-12(11)14/h2,4,6,9,13-14H,1,3,5,7-8H2. The van der Waals surface area contributed by atoms with Crippen LogP contribution in [0.3, 0.4) is 0 Å². The minimum Gasteiger partial charge on any atom is -0.508 e. The largest absolute Gasteiger partial charge is 0.508 e. The number of phenolic OH excluding ortho intramolecular Hbond substituents is 1. The first-order chi connectivity index (χ1) is 6.83. The summed E-state index contributed by atoms with van der Waals surface area (Å²) in [5.74, 6) is 0.862. The van der Waals surface area contributed by atoms with Crippen LogP contribution in [0.15, 0.2) is 18.2 Å². The highest BCUT2D eigenvalue weighted by atomic mass is 16.3. The van der Waals surface area contributed by atoms with E-state index >= 15 is 0 Å². The highest BCUT2D eigenvalue weighted by Crippen LogP contribution is 2.37. The summed E-state index contributed by atoms with van der Waals surface area (Å²) in [5, 5.41) is 18.6. The van der Waals surface area contributed by atoms with Gasteiger partial charge in [-0.1, -0.05) is 12.1 Å². The lowest BCUT2D eigenvalue weighted by Crippen LogP contribution is -2.11. The second-order valence-corrected chi connectivity index (χ2v) is 3.95. The van der Waals surface area contributed by atoms with Crippen molar-refractivity contribution < 1.29 is 10.2 Å². The maximum Gasteiger partial charge on any atom is 0.119 e. The average Bonchev–Trinajstić information content (AvgIpc) is 2.20. The molecular weight excluding hydrogens is 176 g/mol. The zero-order chi connectivity index (χ0) is 9.97.